The van der Waals surface area contributed by atoms with E-state index in [2.05, 4.69) is 33.6 Å². The molecule has 0 radical (unpaired) electrons. The van der Waals surface area contributed by atoms with Crippen LogP contribution in [-0.4, -0.2) is 77.7 Å². The maximum absolute atomic E-state index is 9.61. The van der Waals surface area contributed by atoms with Gasteiger partial charge in [-0.15, -0.1) is 0 Å². The van der Waals surface area contributed by atoms with Crippen LogP contribution in [0.1, 0.15) is 25.3 Å². The highest BCUT2D eigenvalue weighted by Gasteiger charge is 2.29. The summed E-state index contributed by atoms with van der Waals surface area (Å²) in [5.41, 5.74) is 2.77. The SMILES string of the molecule is CNC1(C)CCN(c2cnc(-c3cc(OCC4CNCCO4)cn4ncc(C#N)c34)cn2)CC1. The molecule has 0 aromatic carbocycles. The zero-order valence-corrected chi connectivity index (χ0v) is 19.6. The van der Waals surface area contributed by atoms with E-state index in [-0.39, 0.29) is 11.6 Å². The predicted molar refractivity (Wildman–Crippen MR) is 128 cm³/mol. The van der Waals surface area contributed by atoms with Crippen LogP contribution in [0.4, 0.5) is 5.82 Å². The number of piperidine rings is 1. The summed E-state index contributed by atoms with van der Waals surface area (Å²) in [5, 5.41) is 20.7. The van der Waals surface area contributed by atoms with Gasteiger partial charge < -0.3 is 25.0 Å². The Kier molecular flexibility index (Phi) is 6.32. The van der Waals surface area contributed by atoms with E-state index in [1.165, 1.54) is 0 Å². The number of hydrogen-bond donors (Lipinski definition) is 2. The Morgan fingerprint density at radius 1 is 1.29 bits per heavy atom. The molecule has 0 aliphatic carbocycles. The van der Waals surface area contributed by atoms with Gasteiger partial charge in [-0.3, -0.25) is 4.98 Å². The van der Waals surface area contributed by atoms with E-state index in [9.17, 15) is 5.26 Å². The molecule has 5 rings (SSSR count). The van der Waals surface area contributed by atoms with Crippen molar-refractivity contribution in [1.29, 1.82) is 5.26 Å². The number of nitrogens with zero attached hydrogens (tertiary/aromatic N) is 6. The minimum atomic E-state index is -0.00595. The molecule has 1 unspecified atom stereocenters. The van der Waals surface area contributed by atoms with Crippen molar-refractivity contribution < 1.29 is 9.47 Å². The molecule has 1 atom stereocenters. The Bertz CT molecular complexity index is 1170. The molecule has 178 valence electrons. The molecule has 3 aromatic rings. The van der Waals surface area contributed by atoms with Gasteiger partial charge in [0.15, 0.2) is 0 Å². The molecule has 10 heteroatoms. The van der Waals surface area contributed by atoms with E-state index in [0.717, 1.165) is 50.4 Å². The van der Waals surface area contributed by atoms with Gasteiger partial charge in [0, 0.05) is 37.3 Å². The Hall–Kier alpha value is -3.26. The van der Waals surface area contributed by atoms with Crippen LogP contribution >= 0.6 is 0 Å². The molecule has 2 aliphatic heterocycles. The van der Waals surface area contributed by atoms with Crippen molar-refractivity contribution in [3.63, 3.8) is 0 Å². The van der Waals surface area contributed by atoms with Crippen molar-refractivity contribution in [1.82, 2.24) is 30.2 Å². The highest BCUT2D eigenvalue weighted by Crippen LogP contribution is 2.31. The number of anilines is 1. The van der Waals surface area contributed by atoms with Gasteiger partial charge in [-0.2, -0.15) is 10.4 Å². The molecule has 34 heavy (non-hydrogen) atoms. The first kappa shape index (κ1) is 22.5. The highest BCUT2D eigenvalue weighted by atomic mass is 16.5. The summed E-state index contributed by atoms with van der Waals surface area (Å²) in [6.45, 7) is 6.83. The molecule has 5 heterocycles. The van der Waals surface area contributed by atoms with Crippen molar-refractivity contribution in [3.05, 3.63) is 36.4 Å². The van der Waals surface area contributed by atoms with Gasteiger partial charge in [-0.1, -0.05) is 0 Å². The first-order chi connectivity index (χ1) is 16.6. The number of nitriles is 1. The lowest BCUT2D eigenvalue weighted by atomic mass is 9.90. The Morgan fingerprint density at radius 2 is 2.15 bits per heavy atom. The van der Waals surface area contributed by atoms with Crippen molar-refractivity contribution in [2.24, 2.45) is 0 Å². The number of nitrogens with one attached hydrogen (secondary N) is 2. The van der Waals surface area contributed by atoms with E-state index in [1.54, 1.807) is 23.1 Å². The Labute approximate surface area is 198 Å². The summed E-state index contributed by atoms with van der Waals surface area (Å²) in [7, 11) is 2.02. The average molecular weight is 463 g/mol. The number of hydrogen-bond acceptors (Lipinski definition) is 9. The summed E-state index contributed by atoms with van der Waals surface area (Å²) >= 11 is 0. The third kappa shape index (κ3) is 4.55. The van der Waals surface area contributed by atoms with E-state index in [0.29, 0.717) is 35.7 Å². The highest BCUT2D eigenvalue weighted by molar-refractivity contribution is 5.83. The van der Waals surface area contributed by atoms with Crippen LogP contribution in [0.25, 0.3) is 16.8 Å². The van der Waals surface area contributed by atoms with Crippen molar-refractivity contribution >= 4 is 11.3 Å². The Morgan fingerprint density at radius 3 is 2.82 bits per heavy atom. The van der Waals surface area contributed by atoms with Gasteiger partial charge in [0.25, 0.3) is 0 Å². The number of aromatic nitrogens is 4. The van der Waals surface area contributed by atoms with Crippen LogP contribution in [0.3, 0.4) is 0 Å². The fourth-order valence-corrected chi connectivity index (χ4v) is 4.47. The van der Waals surface area contributed by atoms with Crippen LogP contribution in [0, 0.1) is 11.3 Å². The van der Waals surface area contributed by atoms with Gasteiger partial charge in [0.1, 0.15) is 30.3 Å². The average Bonchev–Trinajstić information content (AvgIpc) is 3.31. The zero-order valence-electron chi connectivity index (χ0n) is 19.6. The molecule has 2 saturated heterocycles. The van der Waals surface area contributed by atoms with Crippen LogP contribution in [0.2, 0.25) is 0 Å². The quantitative estimate of drug-likeness (QED) is 0.564. The normalized spacial score (nSPS) is 20.3. The molecule has 0 spiro atoms. The van der Waals surface area contributed by atoms with Gasteiger partial charge in [0.2, 0.25) is 0 Å². The largest absolute Gasteiger partial charge is 0.489 e. The smallest absolute Gasteiger partial charge is 0.147 e. The second kappa shape index (κ2) is 9.54. The monoisotopic (exact) mass is 462 g/mol. The van der Waals surface area contributed by atoms with E-state index in [4.69, 9.17) is 19.4 Å². The van der Waals surface area contributed by atoms with Crippen molar-refractivity contribution in [3.8, 4) is 23.1 Å². The molecule has 10 nitrogen and oxygen atoms in total. The minimum absolute atomic E-state index is 0.00595. The third-order valence-electron chi connectivity index (χ3n) is 6.86. The van der Waals surface area contributed by atoms with Crippen LogP contribution in [-0.2, 0) is 4.74 Å². The molecular formula is C24H30N8O2. The molecule has 3 aromatic heterocycles. The molecule has 2 fully saturated rings. The van der Waals surface area contributed by atoms with Gasteiger partial charge in [-0.05, 0) is 32.9 Å². The van der Waals surface area contributed by atoms with Crippen molar-refractivity contribution in [2.45, 2.75) is 31.4 Å². The van der Waals surface area contributed by atoms with Gasteiger partial charge >= 0.3 is 0 Å². The fourth-order valence-electron chi connectivity index (χ4n) is 4.47. The molecule has 0 bridgehead atoms. The third-order valence-corrected chi connectivity index (χ3v) is 6.86. The first-order valence-corrected chi connectivity index (χ1v) is 11.7. The molecule has 0 saturated carbocycles. The number of fused-ring (bicyclic) bond motifs is 1. The summed E-state index contributed by atoms with van der Waals surface area (Å²) in [5.74, 6) is 1.50. The number of ether oxygens (including phenoxy) is 2. The lowest BCUT2D eigenvalue weighted by Gasteiger charge is -2.39. The number of morpholine rings is 1. The lowest BCUT2D eigenvalue weighted by Crippen LogP contribution is -2.50. The Balaban J connectivity index is 1.40. The van der Waals surface area contributed by atoms with E-state index in [1.807, 2.05) is 19.3 Å². The van der Waals surface area contributed by atoms with E-state index < -0.39 is 0 Å². The summed E-state index contributed by atoms with van der Waals surface area (Å²) < 4.78 is 13.4. The molecule has 2 aliphatic rings. The van der Waals surface area contributed by atoms with E-state index >= 15 is 0 Å². The topological polar surface area (TPSA) is 113 Å². The van der Waals surface area contributed by atoms with Crippen LogP contribution in [0.5, 0.6) is 5.75 Å². The summed E-state index contributed by atoms with van der Waals surface area (Å²) in [4.78, 5) is 11.7. The maximum Gasteiger partial charge on any atom is 0.147 e. The number of rotatable bonds is 6. The zero-order chi connectivity index (χ0) is 23.5. The minimum Gasteiger partial charge on any atom is -0.489 e. The summed E-state index contributed by atoms with van der Waals surface area (Å²) in [6.07, 6.45) is 9.01. The molecule has 0 amide bonds. The van der Waals surface area contributed by atoms with Gasteiger partial charge in [-0.25, -0.2) is 9.50 Å². The lowest BCUT2D eigenvalue weighted by molar-refractivity contribution is 0.000107. The second-order valence-electron chi connectivity index (χ2n) is 9.12. The second-order valence-corrected chi connectivity index (χ2v) is 9.12. The predicted octanol–water partition coefficient (Wildman–Crippen LogP) is 1.61. The standard InChI is InChI=1S/C24H30N8O2/c1-24(26-2)3-6-31(7-4-24)22-14-28-21(13-29-22)20-9-18(34-16-19-12-27-5-8-33-19)15-32-23(20)17(10-25)11-30-32/h9,11,13-15,19,26-27H,3-8,12,16H2,1-2H3. The van der Waals surface area contributed by atoms with Crippen molar-refractivity contribution in [2.75, 3.05) is 51.3 Å². The molecular weight excluding hydrogens is 432 g/mol. The fraction of sp³-hybridized carbons (Fsp3) is 0.500. The van der Waals surface area contributed by atoms with Crippen LogP contribution in [0.15, 0.2) is 30.9 Å². The first-order valence-electron chi connectivity index (χ1n) is 11.7. The van der Waals surface area contributed by atoms with Crippen LogP contribution < -0.4 is 20.3 Å². The molecule has 2 N–H and O–H groups in total. The maximum atomic E-state index is 9.61. The van der Waals surface area contributed by atoms with Gasteiger partial charge in [0.05, 0.1) is 48.2 Å². The number of pyridine rings is 1. The summed E-state index contributed by atoms with van der Waals surface area (Å²) in [6, 6.07) is 4.12.